The first-order chi connectivity index (χ1) is 13.9. The fourth-order valence-electron chi connectivity index (χ4n) is 3.88. The maximum atomic E-state index is 11.2. The summed E-state index contributed by atoms with van der Waals surface area (Å²) in [6, 6.07) is 9.11. The SMILES string of the molecule is CCO[C@H]1CCN(Cc2nc(N)c(C)cc2OC)[C@H](c2ccc(C(=O)O)cc2)C1. The highest BCUT2D eigenvalue weighted by Gasteiger charge is 2.31. The molecule has 1 aliphatic heterocycles. The summed E-state index contributed by atoms with van der Waals surface area (Å²) in [5, 5.41) is 9.19. The number of nitrogens with zero attached hydrogens (tertiary/aromatic N) is 2. The van der Waals surface area contributed by atoms with E-state index in [0.717, 1.165) is 42.0 Å². The number of ether oxygens (including phenoxy) is 2. The topological polar surface area (TPSA) is 97.9 Å². The molecule has 3 rings (SSSR count). The molecule has 2 heterocycles. The first-order valence-electron chi connectivity index (χ1n) is 9.91. The fourth-order valence-corrected chi connectivity index (χ4v) is 3.88. The van der Waals surface area contributed by atoms with Crippen LogP contribution >= 0.6 is 0 Å². The summed E-state index contributed by atoms with van der Waals surface area (Å²) in [5.74, 6) is 0.310. The van der Waals surface area contributed by atoms with E-state index in [-0.39, 0.29) is 17.7 Å². The number of nitrogen functional groups attached to an aromatic ring is 1. The predicted molar refractivity (Wildman–Crippen MR) is 111 cm³/mol. The third kappa shape index (κ3) is 4.86. The molecule has 29 heavy (non-hydrogen) atoms. The molecular formula is C22H29N3O4. The summed E-state index contributed by atoms with van der Waals surface area (Å²) >= 11 is 0. The highest BCUT2D eigenvalue weighted by molar-refractivity contribution is 5.87. The molecule has 7 nitrogen and oxygen atoms in total. The van der Waals surface area contributed by atoms with Gasteiger partial charge in [-0.25, -0.2) is 9.78 Å². The maximum Gasteiger partial charge on any atom is 0.335 e. The zero-order chi connectivity index (χ0) is 21.0. The lowest BCUT2D eigenvalue weighted by atomic mass is 9.92. The van der Waals surface area contributed by atoms with Crippen LogP contribution in [0.15, 0.2) is 30.3 Å². The van der Waals surface area contributed by atoms with Crippen molar-refractivity contribution in [3.63, 3.8) is 0 Å². The van der Waals surface area contributed by atoms with Crippen LogP contribution in [0.2, 0.25) is 0 Å². The van der Waals surface area contributed by atoms with Crippen molar-refractivity contribution in [1.29, 1.82) is 0 Å². The Morgan fingerprint density at radius 3 is 2.69 bits per heavy atom. The van der Waals surface area contributed by atoms with E-state index in [1.165, 1.54) is 0 Å². The quantitative estimate of drug-likeness (QED) is 0.736. The number of methoxy groups -OCH3 is 1. The molecule has 156 valence electrons. The average Bonchev–Trinajstić information content (AvgIpc) is 2.72. The Labute approximate surface area is 171 Å². The number of hydrogen-bond donors (Lipinski definition) is 2. The molecule has 0 radical (unpaired) electrons. The lowest BCUT2D eigenvalue weighted by Crippen LogP contribution is -2.39. The number of nitrogens with two attached hydrogens (primary N) is 1. The van der Waals surface area contributed by atoms with E-state index in [1.54, 1.807) is 19.2 Å². The Kier molecular flexibility index (Phi) is 6.71. The number of anilines is 1. The van der Waals surface area contributed by atoms with Crippen LogP contribution in [0.25, 0.3) is 0 Å². The molecule has 1 aliphatic rings. The monoisotopic (exact) mass is 399 g/mol. The average molecular weight is 399 g/mol. The van der Waals surface area contributed by atoms with Gasteiger partial charge in [-0.1, -0.05) is 12.1 Å². The molecule has 3 N–H and O–H groups in total. The van der Waals surface area contributed by atoms with Crippen LogP contribution in [0.3, 0.4) is 0 Å². The largest absolute Gasteiger partial charge is 0.495 e. The highest BCUT2D eigenvalue weighted by atomic mass is 16.5. The minimum Gasteiger partial charge on any atom is -0.495 e. The van der Waals surface area contributed by atoms with E-state index < -0.39 is 5.97 Å². The van der Waals surface area contributed by atoms with Crippen LogP contribution in [0.5, 0.6) is 5.75 Å². The maximum absolute atomic E-state index is 11.2. The first-order valence-corrected chi connectivity index (χ1v) is 9.91. The molecule has 1 fully saturated rings. The van der Waals surface area contributed by atoms with Gasteiger partial charge in [0.15, 0.2) is 0 Å². The van der Waals surface area contributed by atoms with Crippen LogP contribution in [0, 0.1) is 6.92 Å². The summed E-state index contributed by atoms with van der Waals surface area (Å²) in [6.45, 7) is 6.04. The van der Waals surface area contributed by atoms with Gasteiger partial charge >= 0.3 is 5.97 Å². The van der Waals surface area contributed by atoms with Gasteiger partial charge in [-0.3, -0.25) is 4.90 Å². The van der Waals surface area contributed by atoms with Crippen LogP contribution in [-0.4, -0.2) is 47.3 Å². The Hall–Kier alpha value is -2.64. The van der Waals surface area contributed by atoms with Crippen molar-refractivity contribution < 1.29 is 19.4 Å². The van der Waals surface area contributed by atoms with Crippen LogP contribution in [0.1, 0.15) is 53.0 Å². The van der Waals surface area contributed by atoms with Crippen LogP contribution in [0.4, 0.5) is 5.82 Å². The number of carbonyl (C=O) groups is 1. The third-order valence-electron chi connectivity index (χ3n) is 5.47. The van der Waals surface area contributed by atoms with Crippen molar-refractivity contribution >= 4 is 11.8 Å². The van der Waals surface area contributed by atoms with Crippen LogP contribution in [-0.2, 0) is 11.3 Å². The van der Waals surface area contributed by atoms with Gasteiger partial charge in [0.2, 0.25) is 0 Å². The molecule has 7 heteroatoms. The molecule has 0 saturated carbocycles. The first kappa shape index (κ1) is 21.1. The normalized spacial score (nSPS) is 19.8. The second-order valence-electron chi connectivity index (χ2n) is 7.35. The second-order valence-corrected chi connectivity index (χ2v) is 7.35. The molecule has 0 amide bonds. The summed E-state index contributed by atoms with van der Waals surface area (Å²) < 4.78 is 11.4. The molecule has 0 bridgehead atoms. The molecule has 2 atom stereocenters. The number of hydrogen-bond acceptors (Lipinski definition) is 6. The summed E-state index contributed by atoms with van der Waals surface area (Å²) in [4.78, 5) is 18.1. The molecule has 0 spiro atoms. The third-order valence-corrected chi connectivity index (χ3v) is 5.47. The Balaban J connectivity index is 1.89. The van der Waals surface area contributed by atoms with E-state index in [9.17, 15) is 9.90 Å². The van der Waals surface area contributed by atoms with Crippen molar-refractivity contribution in [1.82, 2.24) is 9.88 Å². The number of pyridine rings is 1. The smallest absolute Gasteiger partial charge is 0.335 e. The number of aromatic nitrogens is 1. The summed E-state index contributed by atoms with van der Waals surface area (Å²) in [6.07, 6.45) is 1.95. The van der Waals surface area contributed by atoms with Gasteiger partial charge in [0, 0.05) is 25.7 Å². The number of rotatable bonds is 7. The standard InChI is InChI=1S/C22H29N3O4/c1-4-29-17-9-10-25(13-18-20(28-3)11-14(2)21(23)24-18)19(12-17)15-5-7-16(8-6-15)22(26)27/h5-8,11,17,19H,4,9-10,12-13H2,1-3H3,(H2,23,24)(H,26,27)/t17-,19-/m0/s1. The predicted octanol–water partition coefficient (Wildman–Crippen LogP) is 3.42. The molecule has 0 unspecified atom stereocenters. The molecule has 2 aromatic rings. The lowest BCUT2D eigenvalue weighted by molar-refractivity contribution is -0.0143. The van der Waals surface area contributed by atoms with Crippen molar-refractivity contribution in [3.05, 3.63) is 52.7 Å². The second kappa shape index (κ2) is 9.24. The zero-order valence-corrected chi connectivity index (χ0v) is 17.2. The van der Waals surface area contributed by atoms with E-state index in [4.69, 9.17) is 15.2 Å². The van der Waals surface area contributed by atoms with Crippen LogP contribution < -0.4 is 10.5 Å². The highest BCUT2D eigenvalue weighted by Crippen LogP contribution is 2.35. The lowest BCUT2D eigenvalue weighted by Gasteiger charge is -2.39. The van der Waals surface area contributed by atoms with E-state index >= 15 is 0 Å². The van der Waals surface area contributed by atoms with Gasteiger partial charge in [0.1, 0.15) is 11.6 Å². The van der Waals surface area contributed by atoms with Gasteiger partial charge < -0.3 is 20.3 Å². The number of carboxylic acids is 1. The number of aromatic carboxylic acids is 1. The van der Waals surface area contributed by atoms with Gasteiger partial charge in [0.25, 0.3) is 0 Å². The number of aryl methyl sites for hydroxylation is 1. The molecule has 0 aliphatic carbocycles. The minimum absolute atomic E-state index is 0.0946. The molecule has 1 aromatic heterocycles. The zero-order valence-electron chi connectivity index (χ0n) is 17.2. The summed E-state index contributed by atoms with van der Waals surface area (Å²) in [7, 11) is 1.64. The van der Waals surface area contributed by atoms with E-state index in [0.29, 0.717) is 19.0 Å². The van der Waals surface area contributed by atoms with E-state index in [1.807, 2.05) is 32.0 Å². The molecule has 1 aromatic carbocycles. The Morgan fingerprint density at radius 1 is 1.34 bits per heavy atom. The summed E-state index contributed by atoms with van der Waals surface area (Å²) in [5.41, 5.74) is 9.09. The molecule has 1 saturated heterocycles. The molecular weight excluding hydrogens is 370 g/mol. The van der Waals surface area contributed by atoms with Gasteiger partial charge in [-0.15, -0.1) is 0 Å². The number of carboxylic acid groups (broad SMARTS) is 1. The van der Waals surface area contributed by atoms with Crippen molar-refractivity contribution in [2.75, 3.05) is 26.0 Å². The van der Waals surface area contributed by atoms with Crippen molar-refractivity contribution in [2.24, 2.45) is 0 Å². The number of likely N-dealkylation sites (tertiary alicyclic amines) is 1. The van der Waals surface area contributed by atoms with Crippen molar-refractivity contribution in [2.45, 2.75) is 45.4 Å². The minimum atomic E-state index is -0.923. The van der Waals surface area contributed by atoms with Gasteiger partial charge in [0.05, 0.1) is 24.5 Å². The van der Waals surface area contributed by atoms with E-state index in [2.05, 4.69) is 9.88 Å². The number of piperidine rings is 1. The fraction of sp³-hybridized carbons (Fsp3) is 0.455. The van der Waals surface area contributed by atoms with Crippen molar-refractivity contribution in [3.8, 4) is 5.75 Å². The Bertz CT molecular complexity index is 854. The van der Waals surface area contributed by atoms with Gasteiger partial charge in [-0.05, 0) is 56.0 Å². The van der Waals surface area contributed by atoms with Gasteiger partial charge in [-0.2, -0.15) is 0 Å². The Morgan fingerprint density at radius 2 is 2.07 bits per heavy atom. The number of benzene rings is 1.